The molecule has 3 aromatic carbocycles. The van der Waals surface area contributed by atoms with Crippen LogP contribution in [0.15, 0.2) is 82.7 Å². The van der Waals surface area contributed by atoms with Crippen LogP contribution < -0.4 is 27.4 Å². The Labute approximate surface area is 284 Å². The highest BCUT2D eigenvalue weighted by Gasteiger charge is 2.35. The maximum absolute atomic E-state index is 14.2. The van der Waals surface area contributed by atoms with E-state index < -0.39 is 24.0 Å². The lowest BCUT2D eigenvalue weighted by atomic mass is 10.0. The van der Waals surface area contributed by atoms with E-state index in [1.54, 1.807) is 0 Å². The monoisotopic (exact) mass is 675 g/mol. The van der Waals surface area contributed by atoms with E-state index in [1.807, 2.05) is 79.9 Å². The van der Waals surface area contributed by atoms with E-state index in [-0.39, 0.29) is 37.9 Å². The molecular formula is C35H42ClN7O3S. The first-order valence-electron chi connectivity index (χ1n) is 15.9. The van der Waals surface area contributed by atoms with E-state index in [2.05, 4.69) is 20.9 Å². The molecule has 0 radical (unpaired) electrons. The SMILES string of the molecule is CCN1C(=O)[C@H](CN)NC(=O)[C@H](CCCN)NCc2ccccc2Sc2c(Cl)cccc2CNC(=O)[C@@H]1Cc1c[nH]c2ccccc12. The van der Waals surface area contributed by atoms with Gasteiger partial charge in [-0.05, 0) is 61.2 Å². The number of benzene rings is 3. The molecule has 47 heavy (non-hydrogen) atoms. The molecule has 1 aliphatic rings. The number of fused-ring (bicyclic) bond motifs is 3. The van der Waals surface area contributed by atoms with Crippen molar-refractivity contribution in [3.8, 4) is 0 Å². The lowest BCUT2D eigenvalue weighted by molar-refractivity contribution is -0.143. The number of aromatic amines is 1. The Morgan fingerprint density at radius 2 is 1.68 bits per heavy atom. The first-order chi connectivity index (χ1) is 22.8. The number of amides is 3. The lowest BCUT2D eigenvalue weighted by Gasteiger charge is -2.33. The van der Waals surface area contributed by atoms with Gasteiger partial charge in [0.05, 0.1) is 11.1 Å². The van der Waals surface area contributed by atoms with Crippen molar-refractivity contribution < 1.29 is 14.4 Å². The Bertz CT molecular complexity index is 1710. The molecular weight excluding hydrogens is 634 g/mol. The fraction of sp³-hybridized carbons (Fsp3) is 0.343. The zero-order valence-electron chi connectivity index (χ0n) is 26.4. The van der Waals surface area contributed by atoms with Crippen LogP contribution in [0.3, 0.4) is 0 Å². The Kier molecular flexibility index (Phi) is 12.0. The van der Waals surface area contributed by atoms with Gasteiger partial charge in [-0.3, -0.25) is 14.4 Å². The Hall–Kier alpha value is -3.87. The number of nitrogens with one attached hydrogen (secondary N) is 4. The first-order valence-corrected chi connectivity index (χ1v) is 17.1. The summed E-state index contributed by atoms with van der Waals surface area (Å²) in [4.78, 5) is 48.6. The summed E-state index contributed by atoms with van der Waals surface area (Å²) in [6, 6.07) is 18.9. The maximum Gasteiger partial charge on any atom is 0.247 e. The molecule has 2 heterocycles. The standard InChI is InChI=1S/C35H42ClN7O3S/c1-2-43-30(17-24-21-39-27-13-5-4-11-25(24)27)34(45)41-20-23-10-7-12-26(36)32(23)47-31-15-6-3-9-22(31)19-40-28(14-8-16-37)33(44)42-29(18-38)35(43)46/h3-7,9-13,15,21,28-30,39-40H,2,8,14,16-20,37-38H2,1H3,(H,41,45)(H,42,44)/t28-,29-,30-/m0/s1. The lowest BCUT2D eigenvalue weighted by Crippen LogP contribution is -2.60. The van der Waals surface area contributed by atoms with Crippen LogP contribution in [0.2, 0.25) is 5.02 Å². The van der Waals surface area contributed by atoms with Gasteiger partial charge in [0.15, 0.2) is 0 Å². The van der Waals surface area contributed by atoms with Crippen LogP contribution in [-0.4, -0.2) is 65.4 Å². The van der Waals surface area contributed by atoms with E-state index >= 15 is 0 Å². The predicted octanol–water partition coefficient (Wildman–Crippen LogP) is 3.70. The zero-order chi connectivity index (χ0) is 33.3. The minimum atomic E-state index is -1.03. The molecule has 5 rings (SSSR count). The third-order valence-corrected chi connectivity index (χ3v) is 10.2. The number of hydrogen-bond acceptors (Lipinski definition) is 7. The molecule has 0 aliphatic carbocycles. The van der Waals surface area contributed by atoms with Gasteiger partial charge in [0.2, 0.25) is 17.7 Å². The van der Waals surface area contributed by atoms with Crippen molar-refractivity contribution in [1.29, 1.82) is 0 Å². The number of H-pyrrole nitrogens is 1. The molecule has 0 unspecified atom stereocenters. The van der Waals surface area contributed by atoms with Crippen LogP contribution in [0.4, 0.5) is 0 Å². The van der Waals surface area contributed by atoms with Crippen LogP contribution in [0, 0.1) is 0 Å². The van der Waals surface area contributed by atoms with Gasteiger partial charge >= 0.3 is 0 Å². The molecule has 10 nitrogen and oxygen atoms in total. The molecule has 8 N–H and O–H groups in total. The summed E-state index contributed by atoms with van der Waals surface area (Å²) in [6.45, 7) is 2.94. The van der Waals surface area contributed by atoms with Crippen molar-refractivity contribution in [1.82, 2.24) is 25.8 Å². The molecule has 248 valence electrons. The highest BCUT2D eigenvalue weighted by molar-refractivity contribution is 7.99. The number of carbonyl (C=O) groups is 3. The summed E-state index contributed by atoms with van der Waals surface area (Å²) in [5.74, 6) is -1.09. The first kappa shape index (κ1) is 34.5. The highest BCUT2D eigenvalue weighted by atomic mass is 35.5. The molecule has 3 amide bonds. The summed E-state index contributed by atoms with van der Waals surface area (Å²) < 4.78 is 0. The van der Waals surface area contributed by atoms with E-state index in [0.29, 0.717) is 31.0 Å². The topological polar surface area (TPSA) is 158 Å². The number of likely N-dealkylation sites (N-methyl/N-ethyl adjacent to an activating group) is 1. The van der Waals surface area contributed by atoms with Crippen molar-refractivity contribution in [2.24, 2.45) is 11.5 Å². The molecule has 0 fully saturated rings. The minimum absolute atomic E-state index is 0.128. The molecule has 12 heteroatoms. The Morgan fingerprint density at radius 1 is 0.915 bits per heavy atom. The van der Waals surface area contributed by atoms with Crippen LogP contribution >= 0.6 is 23.4 Å². The third kappa shape index (κ3) is 8.17. The largest absolute Gasteiger partial charge is 0.361 e. The van der Waals surface area contributed by atoms with E-state index in [1.165, 1.54) is 16.7 Å². The van der Waals surface area contributed by atoms with Crippen molar-refractivity contribution >= 4 is 52.0 Å². The van der Waals surface area contributed by atoms with Crippen LogP contribution in [0.25, 0.3) is 10.9 Å². The van der Waals surface area contributed by atoms with Crippen molar-refractivity contribution in [3.63, 3.8) is 0 Å². The second-order valence-electron chi connectivity index (χ2n) is 11.5. The number of para-hydroxylation sites is 1. The summed E-state index contributed by atoms with van der Waals surface area (Å²) >= 11 is 8.27. The van der Waals surface area contributed by atoms with Crippen molar-refractivity contribution in [2.75, 3.05) is 19.6 Å². The van der Waals surface area contributed by atoms with E-state index in [9.17, 15) is 14.4 Å². The molecule has 0 saturated carbocycles. The van der Waals surface area contributed by atoms with Gasteiger partial charge in [-0.15, -0.1) is 0 Å². The summed E-state index contributed by atoms with van der Waals surface area (Å²) in [5.41, 5.74) is 15.6. The smallest absolute Gasteiger partial charge is 0.247 e. The van der Waals surface area contributed by atoms with Crippen molar-refractivity contribution in [3.05, 3.63) is 94.6 Å². The number of rotatable bonds is 7. The molecule has 0 spiro atoms. The summed E-state index contributed by atoms with van der Waals surface area (Å²) in [6.07, 6.45) is 3.21. The number of nitrogens with zero attached hydrogens (tertiary/aromatic N) is 1. The summed E-state index contributed by atoms with van der Waals surface area (Å²) in [5, 5.41) is 10.9. The molecule has 4 aromatic rings. The molecule has 1 aromatic heterocycles. The fourth-order valence-corrected chi connectivity index (χ4v) is 7.31. The van der Waals surface area contributed by atoms with Crippen LogP contribution in [0.5, 0.6) is 0 Å². The summed E-state index contributed by atoms with van der Waals surface area (Å²) in [7, 11) is 0. The molecule has 3 atom stereocenters. The van der Waals surface area contributed by atoms with Gasteiger partial charge in [-0.2, -0.15) is 0 Å². The minimum Gasteiger partial charge on any atom is -0.361 e. The fourth-order valence-electron chi connectivity index (χ4n) is 5.92. The second-order valence-corrected chi connectivity index (χ2v) is 13.0. The number of hydrogen-bond donors (Lipinski definition) is 6. The molecule has 0 saturated heterocycles. The number of carbonyl (C=O) groups excluding carboxylic acids is 3. The quantitative estimate of drug-likeness (QED) is 0.174. The Morgan fingerprint density at radius 3 is 2.47 bits per heavy atom. The predicted molar refractivity (Wildman–Crippen MR) is 187 cm³/mol. The van der Waals surface area contributed by atoms with Gasteiger partial charge in [-0.1, -0.05) is 71.9 Å². The average Bonchev–Trinajstić information content (AvgIpc) is 3.49. The number of halogens is 1. The van der Waals surface area contributed by atoms with Gasteiger partial charge in [-0.25, -0.2) is 0 Å². The maximum atomic E-state index is 14.2. The molecule has 1 aliphatic heterocycles. The van der Waals surface area contributed by atoms with Gasteiger partial charge in [0.1, 0.15) is 12.1 Å². The third-order valence-electron chi connectivity index (χ3n) is 8.48. The Balaban J connectivity index is 1.56. The second kappa shape index (κ2) is 16.3. The normalized spacial score (nSPS) is 19.9. The number of nitrogens with two attached hydrogens (primary N) is 2. The zero-order valence-corrected chi connectivity index (χ0v) is 28.0. The van der Waals surface area contributed by atoms with Gasteiger partial charge < -0.3 is 37.3 Å². The average molecular weight is 676 g/mol. The van der Waals surface area contributed by atoms with E-state index in [0.717, 1.165) is 37.4 Å². The van der Waals surface area contributed by atoms with Crippen molar-refractivity contribution in [2.45, 2.75) is 67.2 Å². The number of aromatic nitrogens is 1. The van der Waals surface area contributed by atoms with Gasteiger partial charge in [0, 0.05) is 59.5 Å². The highest BCUT2D eigenvalue weighted by Crippen LogP contribution is 2.38. The molecule has 0 bridgehead atoms. The van der Waals surface area contributed by atoms with Crippen LogP contribution in [0.1, 0.15) is 36.5 Å². The van der Waals surface area contributed by atoms with Crippen LogP contribution in [-0.2, 0) is 33.9 Å². The van der Waals surface area contributed by atoms with Gasteiger partial charge in [0.25, 0.3) is 0 Å². The van der Waals surface area contributed by atoms with E-state index in [4.69, 9.17) is 23.1 Å².